The van der Waals surface area contributed by atoms with Crippen LogP contribution >= 0.6 is 0 Å². The van der Waals surface area contributed by atoms with Crippen LogP contribution in [0.25, 0.3) is 11.1 Å². The van der Waals surface area contributed by atoms with Gasteiger partial charge < -0.3 is 0 Å². The van der Waals surface area contributed by atoms with Crippen molar-refractivity contribution >= 4 is 27.4 Å². The number of sulfonamides is 1. The van der Waals surface area contributed by atoms with Crippen LogP contribution in [0.1, 0.15) is 94.4 Å². The van der Waals surface area contributed by atoms with Gasteiger partial charge in [0.15, 0.2) is 0 Å². The molecule has 0 unspecified atom stereocenters. The number of nitrogens with zero attached hydrogens (tertiary/aromatic N) is 4. The third-order valence-electron chi connectivity index (χ3n) is 11.8. The van der Waals surface area contributed by atoms with Gasteiger partial charge in [0.1, 0.15) is 11.5 Å². The zero-order chi connectivity index (χ0) is 31.2. The average molecular weight is 632 g/mol. The van der Waals surface area contributed by atoms with Crippen LogP contribution in [0.4, 0.5) is 15.9 Å². The molecule has 8 nitrogen and oxygen atoms in total. The summed E-state index contributed by atoms with van der Waals surface area (Å²) >= 11 is 0. The Labute approximate surface area is 264 Å². The first-order valence-electron chi connectivity index (χ1n) is 16.4. The molecule has 238 valence electrons. The number of carbonyl (C=O) groups is 1. The summed E-state index contributed by atoms with van der Waals surface area (Å²) in [6.07, 6.45) is 13.8. The van der Waals surface area contributed by atoms with E-state index in [0.29, 0.717) is 49.7 Å². The number of rotatable bonds is 10. The average Bonchev–Trinajstić information content (AvgIpc) is 3.76. The number of carbonyl (C=O) groups excluding carboxylic acids is 1. The van der Waals surface area contributed by atoms with E-state index in [9.17, 15) is 17.6 Å². The van der Waals surface area contributed by atoms with Crippen molar-refractivity contribution in [1.82, 2.24) is 14.8 Å². The second kappa shape index (κ2) is 9.86. The van der Waals surface area contributed by atoms with Gasteiger partial charge >= 0.3 is 0 Å². The van der Waals surface area contributed by atoms with Gasteiger partial charge in [-0.3, -0.25) is 19.1 Å². The van der Waals surface area contributed by atoms with Crippen LogP contribution in [0.15, 0.2) is 48.7 Å². The maximum Gasteiger partial charge on any atom is 0.229 e. The maximum absolute atomic E-state index is 14.4. The topological polar surface area (TPSA) is 97.2 Å². The first-order valence-corrected chi connectivity index (χ1v) is 18.3. The Balaban J connectivity index is 1.05. The first kappa shape index (κ1) is 29.2. The normalized spacial score (nSPS) is 31.6. The predicted molar refractivity (Wildman–Crippen MR) is 172 cm³/mol. The van der Waals surface area contributed by atoms with Crippen molar-refractivity contribution in [2.24, 2.45) is 17.9 Å². The summed E-state index contributed by atoms with van der Waals surface area (Å²) in [6.45, 7) is 0.630. The standard InChI is InChI=1S/C35H42FN5O3S/c1-40-29(18-28(38-40)25-3-4-25)34-13-10-32(11-14-34,12-15-34)23-41(31(42)19-33-20-35(36,21-33)22-33)30-17-26(9-16-37-30)24-5-7-27(8-6-24)39-45(2,43)44/h5-9,16-18,25,39H,3-4,10-15,19-23H2,1-2H3. The van der Waals surface area contributed by atoms with Gasteiger partial charge in [0, 0.05) is 48.9 Å². The van der Waals surface area contributed by atoms with Crippen molar-refractivity contribution in [3.05, 3.63) is 60.0 Å². The highest BCUT2D eigenvalue weighted by molar-refractivity contribution is 7.92. The number of amides is 1. The minimum atomic E-state index is -3.37. The number of anilines is 2. The Hall–Kier alpha value is -3.27. The highest BCUT2D eigenvalue weighted by atomic mass is 32.2. The molecule has 7 aliphatic carbocycles. The second-order valence-corrected chi connectivity index (χ2v) is 17.1. The third-order valence-corrected chi connectivity index (χ3v) is 12.4. The van der Waals surface area contributed by atoms with Crippen molar-refractivity contribution in [1.29, 1.82) is 0 Å². The monoisotopic (exact) mass is 631 g/mol. The summed E-state index contributed by atoms with van der Waals surface area (Å²) < 4.78 is 42.4. The fourth-order valence-electron chi connectivity index (χ4n) is 9.24. The van der Waals surface area contributed by atoms with E-state index in [4.69, 9.17) is 10.1 Å². The lowest BCUT2D eigenvalue weighted by molar-refractivity contribution is -0.215. The van der Waals surface area contributed by atoms with Crippen LogP contribution < -0.4 is 9.62 Å². The molecule has 7 aliphatic rings. The van der Waals surface area contributed by atoms with Crippen LogP contribution in [0, 0.1) is 10.8 Å². The molecule has 3 aromatic rings. The summed E-state index contributed by atoms with van der Waals surface area (Å²) in [4.78, 5) is 20.8. The number of benzene rings is 1. The molecule has 0 radical (unpaired) electrons. The van der Waals surface area contributed by atoms with Gasteiger partial charge in [-0.2, -0.15) is 5.10 Å². The van der Waals surface area contributed by atoms with Gasteiger partial charge in [-0.1, -0.05) is 12.1 Å². The minimum Gasteiger partial charge on any atom is -0.296 e. The molecule has 1 N–H and O–H groups in total. The van der Waals surface area contributed by atoms with Gasteiger partial charge in [-0.15, -0.1) is 0 Å². The van der Waals surface area contributed by atoms with Gasteiger partial charge in [-0.05, 0) is 123 Å². The molecule has 1 aromatic carbocycles. The molecule has 0 aliphatic heterocycles. The number of pyridine rings is 1. The molecular formula is C35H42FN5O3S. The summed E-state index contributed by atoms with van der Waals surface area (Å²) in [5, 5.41) is 4.90. The summed E-state index contributed by atoms with van der Waals surface area (Å²) in [5.74, 6) is 1.33. The highest BCUT2D eigenvalue weighted by Gasteiger charge is 2.69. The smallest absolute Gasteiger partial charge is 0.229 e. The van der Waals surface area contributed by atoms with E-state index in [0.717, 1.165) is 55.9 Å². The van der Waals surface area contributed by atoms with Crippen molar-refractivity contribution in [3.8, 4) is 11.1 Å². The van der Waals surface area contributed by atoms with E-state index in [1.807, 2.05) is 29.2 Å². The SMILES string of the molecule is Cn1nc(C2CC2)cc1C12CCC(CN(C(=O)CC34CC(F)(C3)C4)c3cc(-c4ccc(NS(C)(=O)=O)cc4)ccn3)(CC1)CC2. The fourth-order valence-corrected chi connectivity index (χ4v) is 9.80. The Morgan fingerprint density at radius 3 is 2.24 bits per heavy atom. The number of aromatic nitrogens is 3. The summed E-state index contributed by atoms with van der Waals surface area (Å²) in [6, 6.07) is 13.5. The van der Waals surface area contributed by atoms with Crippen LogP contribution in [0.3, 0.4) is 0 Å². The molecule has 10 heteroatoms. The van der Waals surface area contributed by atoms with Gasteiger partial charge in [0.05, 0.1) is 11.9 Å². The van der Waals surface area contributed by atoms with E-state index in [1.54, 1.807) is 18.3 Å². The molecule has 0 atom stereocenters. The number of aryl methyl sites for hydroxylation is 1. The van der Waals surface area contributed by atoms with Gasteiger partial charge in [-0.25, -0.2) is 17.8 Å². The minimum absolute atomic E-state index is 0.0344. The van der Waals surface area contributed by atoms with Gasteiger partial charge in [0.2, 0.25) is 15.9 Å². The molecule has 1 amide bonds. The number of fused-ring (bicyclic) bond motifs is 3. The molecule has 0 saturated heterocycles. The zero-order valence-corrected chi connectivity index (χ0v) is 27.0. The summed E-state index contributed by atoms with van der Waals surface area (Å²) in [5.41, 5.74) is 3.94. The molecule has 7 saturated carbocycles. The fraction of sp³-hybridized carbons (Fsp3) is 0.571. The highest BCUT2D eigenvalue weighted by Crippen LogP contribution is 2.71. The Bertz CT molecular complexity index is 1740. The lowest BCUT2D eigenvalue weighted by Gasteiger charge is -2.66. The largest absolute Gasteiger partial charge is 0.296 e. The van der Waals surface area contributed by atoms with Crippen LogP contribution in [0.5, 0.6) is 0 Å². The van der Waals surface area contributed by atoms with Gasteiger partial charge in [0.25, 0.3) is 0 Å². The Morgan fingerprint density at radius 2 is 1.64 bits per heavy atom. The number of hydrogen-bond donors (Lipinski definition) is 1. The molecule has 0 spiro atoms. The quantitative estimate of drug-likeness (QED) is 0.271. The van der Waals surface area contributed by atoms with Crippen molar-refractivity contribution in [2.75, 3.05) is 22.4 Å². The third kappa shape index (κ3) is 5.26. The molecular weight excluding hydrogens is 589 g/mol. The number of nitrogens with one attached hydrogen (secondary N) is 1. The molecule has 2 heterocycles. The molecule has 10 rings (SSSR count). The second-order valence-electron chi connectivity index (χ2n) is 15.3. The first-order chi connectivity index (χ1) is 21.4. The number of halogens is 1. The van der Waals surface area contributed by atoms with Crippen molar-refractivity contribution in [2.45, 2.75) is 94.1 Å². The maximum atomic E-state index is 14.4. The van der Waals surface area contributed by atoms with E-state index < -0.39 is 15.7 Å². The summed E-state index contributed by atoms with van der Waals surface area (Å²) in [7, 11) is -1.26. The van der Waals surface area contributed by atoms with E-state index >= 15 is 0 Å². The number of alkyl halides is 1. The number of hydrogen-bond acceptors (Lipinski definition) is 5. The zero-order valence-electron chi connectivity index (χ0n) is 26.2. The molecule has 7 fully saturated rings. The predicted octanol–water partition coefficient (Wildman–Crippen LogP) is 6.64. The van der Waals surface area contributed by atoms with Crippen molar-refractivity contribution < 1.29 is 17.6 Å². The van der Waals surface area contributed by atoms with Crippen LogP contribution in [-0.4, -0.2) is 47.6 Å². The van der Waals surface area contributed by atoms with Crippen LogP contribution in [0.2, 0.25) is 0 Å². The Morgan fingerprint density at radius 1 is 0.978 bits per heavy atom. The Kier molecular flexibility index (Phi) is 6.39. The molecule has 45 heavy (non-hydrogen) atoms. The molecule has 2 aromatic heterocycles. The van der Waals surface area contributed by atoms with E-state index in [1.165, 1.54) is 24.2 Å². The van der Waals surface area contributed by atoms with Crippen LogP contribution in [-0.2, 0) is 27.3 Å². The van der Waals surface area contributed by atoms with Crippen molar-refractivity contribution in [3.63, 3.8) is 0 Å². The molecule has 4 bridgehead atoms. The lowest BCUT2D eigenvalue weighted by Crippen LogP contribution is -2.65. The lowest BCUT2D eigenvalue weighted by atomic mass is 9.41. The van der Waals surface area contributed by atoms with E-state index in [2.05, 4.69) is 22.5 Å². The van der Waals surface area contributed by atoms with E-state index in [-0.39, 0.29) is 22.2 Å².